The zero-order valence-electron chi connectivity index (χ0n) is 10.1. The average molecular weight is 267 g/mol. The second-order valence-corrected chi connectivity index (χ2v) is 4.76. The summed E-state index contributed by atoms with van der Waals surface area (Å²) in [6.07, 6.45) is 1.57. The Morgan fingerprint density at radius 1 is 1.56 bits per heavy atom. The minimum absolute atomic E-state index is 0.000659. The first-order valence-corrected chi connectivity index (χ1v) is 6.14. The molecule has 0 fully saturated rings. The largest absolute Gasteiger partial charge is 0.467 e. The molecule has 0 spiro atoms. The van der Waals surface area contributed by atoms with Crippen LogP contribution in [0.4, 0.5) is 5.13 Å². The van der Waals surface area contributed by atoms with E-state index >= 15 is 0 Å². The number of nitrogens with zero attached hydrogens (tertiary/aromatic N) is 3. The van der Waals surface area contributed by atoms with E-state index < -0.39 is 0 Å². The van der Waals surface area contributed by atoms with Gasteiger partial charge in [-0.1, -0.05) is 11.3 Å². The number of anilines is 1. The second-order valence-electron chi connectivity index (χ2n) is 3.60. The lowest BCUT2D eigenvalue weighted by atomic mass is 10.4. The van der Waals surface area contributed by atoms with Crippen molar-refractivity contribution < 1.29 is 13.9 Å². The molecule has 2 aromatic rings. The standard InChI is InChI=1S/C11H13N3O3S/c1-8-12-13-11(18-8)14(10(15)7-16-2)6-9-4-3-5-17-9/h3-5H,6-7H2,1-2H3. The van der Waals surface area contributed by atoms with E-state index in [1.165, 1.54) is 23.3 Å². The van der Waals surface area contributed by atoms with Crippen LogP contribution in [0.3, 0.4) is 0 Å². The Balaban J connectivity index is 2.20. The zero-order valence-corrected chi connectivity index (χ0v) is 10.9. The van der Waals surface area contributed by atoms with Crippen molar-refractivity contribution >= 4 is 22.4 Å². The van der Waals surface area contributed by atoms with Crippen LogP contribution in [0.5, 0.6) is 0 Å². The average Bonchev–Trinajstić information content (AvgIpc) is 2.97. The van der Waals surface area contributed by atoms with Gasteiger partial charge >= 0.3 is 0 Å². The quantitative estimate of drug-likeness (QED) is 0.823. The summed E-state index contributed by atoms with van der Waals surface area (Å²) in [5.74, 6) is 0.511. The molecule has 0 aliphatic rings. The number of hydrogen-bond donors (Lipinski definition) is 0. The van der Waals surface area contributed by atoms with Gasteiger partial charge in [-0.25, -0.2) is 0 Å². The number of rotatable bonds is 5. The number of aryl methyl sites for hydroxylation is 1. The molecular formula is C11H13N3O3S. The minimum Gasteiger partial charge on any atom is -0.467 e. The van der Waals surface area contributed by atoms with Gasteiger partial charge in [-0.3, -0.25) is 9.69 Å². The number of amides is 1. The summed E-state index contributed by atoms with van der Waals surface area (Å²) < 4.78 is 10.1. The molecule has 0 aromatic carbocycles. The molecular weight excluding hydrogens is 254 g/mol. The molecule has 0 aliphatic heterocycles. The van der Waals surface area contributed by atoms with Crippen molar-refractivity contribution in [3.63, 3.8) is 0 Å². The fraction of sp³-hybridized carbons (Fsp3) is 0.364. The highest BCUT2D eigenvalue weighted by Gasteiger charge is 2.20. The van der Waals surface area contributed by atoms with Crippen molar-refractivity contribution in [3.8, 4) is 0 Å². The van der Waals surface area contributed by atoms with Crippen LogP contribution in [0.15, 0.2) is 22.8 Å². The molecule has 2 aromatic heterocycles. The van der Waals surface area contributed by atoms with E-state index in [2.05, 4.69) is 10.2 Å². The Labute approximate surface area is 108 Å². The number of hydrogen-bond acceptors (Lipinski definition) is 6. The summed E-state index contributed by atoms with van der Waals surface area (Å²) in [6.45, 7) is 2.16. The Kier molecular flexibility index (Phi) is 4.06. The molecule has 2 heterocycles. The SMILES string of the molecule is COCC(=O)N(Cc1ccco1)c1nnc(C)s1. The number of carbonyl (C=O) groups is 1. The van der Waals surface area contributed by atoms with Crippen molar-refractivity contribution in [1.82, 2.24) is 10.2 Å². The molecule has 1 amide bonds. The molecule has 96 valence electrons. The smallest absolute Gasteiger partial charge is 0.255 e. The van der Waals surface area contributed by atoms with Crippen molar-refractivity contribution in [2.75, 3.05) is 18.6 Å². The molecule has 18 heavy (non-hydrogen) atoms. The van der Waals surface area contributed by atoms with Gasteiger partial charge in [0.1, 0.15) is 17.4 Å². The summed E-state index contributed by atoms with van der Waals surface area (Å²) in [7, 11) is 1.48. The molecule has 2 rings (SSSR count). The number of ether oxygens (including phenoxy) is 1. The van der Waals surface area contributed by atoms with Gasteiger partial charge in [0.05, 0.1) is 12.8 Å². The summed E-state index contributed by atoms with van der Waals surface area (Å²) in [4.78, 5) is 13.5. The molecule has 7 heteroatoms. The molecule has 0 unspecified atom stereocenters. The van der Waals surface area contributed by atoms with Crippen LogP contribution in [-0.4, -0.2) is 29.8 Å². The van der Waals surface area contributed by atoms with Crippen LogP contribution < -0.4 is 4.90 Å². The lowest BCUT2D eigenvalue weighted by Gasteiger charge is -2.17. The van der Waals surface area contributed by atoms with Gasteiger partial charge < -0.3 is 9.15 Å². The van der Waals surface area contributed by atoms with E-state index in [4.69, 9.17) is 9.15 Å². The van der Waals surface area contributed by atoms with Crippen LogP contribution in [0.2, 0.25) is 0 Å². The van der Waals surface area contributed by atoms with E-state index in [-0.39, 0.29) is 12.5 Å². The highest BCUT2D eigenvalue weighted by Crippen LogP contribution is 2.22. The fourth-order valence-electron chi connectivity index (χ4n) is 1.42. The van der Waals surface area contributed by atoms with Crippen LogP contribution in [-0.2, 0) is 16.1 Å². The van der Waals surface area contributed by atoms with E-state index in [0.29, 0.717) is 17.4 Å². The number of furan rings is 1. The van der Waals surface area contributed by atoms with E-state index in [1.54, 1.807) is 18.4 Å². The van der Waals surface area contributed by atoms with Gasteiger partial charge in [0.2, 0.25) is 5.13 Å². The van der Waals surface area contributed by atoms with Crippen molar-refractivity contribution in [1.29, 1.82) is 0 Å². The van der Waals surface area contributed by atoms with Gasteiger partial charge in [-0.2, -0.15) is 0 Å². The first-order chi connectivity index (χ1) is 8.70. The third kappa shape index (κ3) is 2.93. The summed E-state index contributed by atoms with van der Waals surface area (Å²) >= 11 is 1.36. The normalized spacial score (nSPS) is 10.6. The number of carbonyl (C=O) groups excluding carboxylic acids is 1. The number of aromatic nitrogens is 2. The summed E-state index contributed by atoms with van der Waals surface area (Å²) in [5.41, 5.74) is 0. The van der Waals surface area contributed by atoms with Gasteiger partial charge in [-0.05, 0) is 19.1 Å². The van der Waals surface area contributed by atoms with Crippen molar-refractivity contribution in [2.45, 2.75) is 13.5 Å². The maximum absolute atomic E-state index is 12.0. The second kappa shape index (κ2) is 5.74. The molecule has 0 radical (unpaired) electrons. The Hall–Kier alpha value is -1.73. The van der Waals surface area contributed by atoms with Gasteiger partial charge in [0.25, 0.3) is 5.91 Å². The molecule has 0 bridgehead atoms. The van der Waals surface area contributed by atoms with Crippen LogP contribution in [0.1, 0.15) is 10.8 Å². The zero-order chi connectivity index (χ0) is 13.0. The summed E-state index contributed by atoms with van der Waals surface area (Å²) in [5, 5.41) is 9.24. The topological polar surface area (TPSA) is 68.5 Å². The Bertz CT molecular complexity index is 509. The third-order valence-corrected chi connectivity index (χ3v) is 3.07. The Morgan fingerprint density at radius 3 is 2.94 bits per heavy atom. The summed E-state index contributed by atoms with van der Waals surface area (Å²) in [6, 6.07) is 3.58. The van der Waals surface area contributed by atoms with E-state index in [1.807, 2.05) is 6.92 Å². The van der Waals surface area contributed by atoms with E-state index in [9.17, 15) is 4.79 Å². The van der Waals surface area contributed by atoms with Crippen LogP contribution in [0, 0.1) is 6.92 Å². The van der Waals surface area contributed by atoms with Crippen molar-refractivity contribution in [2.24, 2.45) is 0 Å². The molecule has 0 saturated heterocycles. The number of methoxy groups -OCH3 is 1. The minimum atomic E-state index is -0.176. The first-order valence-electron chi connectivity index (χ1n) is 5.32. The van der Waals surface area contributed by atoms with Gasteiger partial charge in [0, 0.05) is 7.11 Å². The monoisotopic (exact) mass is 267 g/mol. The highest BCUT2D eigenvalue weighted by atomic mass is 32.1. The maximum atomic E-state index is 12.0. The molecule has 0 atom stereocenters. The van der Waals surface area contributed by atoms with Crippen molar-refractivity contribution in [3.05, 3.63) is 29.2 Å². The van der Waals surface area contributed by atoms with E-state index in [0.717, 1.165) is 5.01 Å². The lowest BCUT2D eigenvalue weighted by Crippen LogP contribution is -2.33. The van der Waals surface area contributed by atoms with Crippen LogP contribution >= 0.6 is 11.3 Å². The maximum Gasteiger partial charge on any atom is 0.255 e. The predicted octanol–water partition coefficient (Wildman–Crippen LogP) is 1.62. The van der Waals surface area contributed by atoms with Gasteiger partial charge in [-0.15, -0.1) is 10.2 Å². The third-order valence-electron chi connectivity index (χ3n) is 2.21. The molecule has 0 saturated carbocycles. The molecule has 0 N–H and O–H groups in total. The molecule has 6 nitrogen and oxygen atoms in total. The fourth-order valence-corrected chi connectivity index (χ4v) is 2.12. The molecule has 0 aliphatic carbocycles. The first kappa shape index (κ1) is 12.7. The van der Waals surface area contributed by atoms with Gasteiger partial charge in [0.15, 0.2) is 0 Å². The van der Waals surface area contributed by atoms with Crippen LogP contribution in [0.25, 0.3) is 0 Å². The highest BCUT2D eigenvalue weighted by molar-refractivity contribution is 7.15. The predicted molar refractivity (Wildman–Crippen MR) is 66.4 cm³/mol. The Morgan fingerprint density at radius 2 is 2.39 bits per heavy atom. The lowest BCUT2D eigenvalue weighted by molar-refractivity contribution is -0.122.